The Bertz CT molecular complexity index is 1980. The molecule has 0 saturated heterocycles. The molecule has 0 unspecified atom stereocenters. The van der Waals surface area contributed by atoms with Gasteiger partial charge in [0.25, 0.3) is 0 Å². The lowest BCUT2D eigenvalue weighted by Gasteiger charge is -2.24. The van der Waals surface area contributed by atoms with Gasteiger partial charge in [-0.1, -0.05) is 13.0 Å². The lowest BCUT2D eigenvalue weighted by molar-refractivity contribution is 0.230. The average Bonchev–Trinajstić information content (AvgIpc) is 3.39. The van der Waals surface area contributed by atoms with Gasteiger partial charge >= 0.3 is 5.63 Å². The minimum absolute atomic E-state index is 0.0331. The second kappa shape index (κ2) is 12.5. The number of ether oxygens (including phenoxy) is 6. The minimum Gasteiger partial charge on any atom is -0.493 e. The van der Waals surface area contributed by atoms with Crippen LogP contribution in [0.25, 0.3) is 44.3 Å². The van der Waals surface area contributed by atoms with E-state index in [0.29, 0.717) is 65.2 Å². The summed E-state index contributed by atoms with van der Waals surface area (Å²) in [7, 11) is 4.89. The molecule has 3 heterocycles. The highest BCUT2D eigenvalue weighted by atomic mass is 16.5. The van der Waals surface area contributed by atoms with Gasteiger partial charge in [0.1, 0.15) is 11.1 Å². The molecule has 2 aromatic heterocycles. The largest absolute Gasteiger partial charge is 0.493 e. The van der Waals surface area contributed by atoms with E-state index in [1.165, 1.54) is 0 Å². The fourth-order valence-corrected chi connectivity index (χ4v) is 6.27. The first-order valence-corrected chi connectivity index (χ1v) is 15.8. The maximum absolute atomic E-state index is 14.0. The highest BCUT2D eigenvalue weighted by Gasteiger charge is 2.31. The van der Waals surface area contributed by atoms with Crippen LogP contribution in [0.4, 0.5) is 0 Å². The number of hydrogen-bond donors (Lipinski definition) is 0. The van der Waals surface area contributed by atoms with Gasteiger partial charge in [-0.25, -0.2) is 4.79 Å². The van der Waals surface area contributed by atoms with E-state index in [2.05, 4.69) is 4.57 Å². The van der Waals surface area contributed by atoms with E-state index in [1.54, 1.807) is 27.4 Å². The molecule has 1 aliphatic rings. The first-order valence-electron chi connectivity index (χ1n) is 15.8. The van der Waals surface area contributed by atoms with Gasteiger partial charge in [0, 0.05) is 34.5 Å². The molecule has 0 bridgehead atoms. The minimum atomic E-state index is -0.427. The number of fused-ring (bicyclic) bond motifs is 7. The summed E-state index contributed by atoms with van der Waals surface area (Å²) in [6, 6.07) is 13.6. The van der Waals surface area contributed by atoms with Gasteiger partial charge in [-0.05, 0) is 82.0 Å². The zero-order valence-electron chi connectivity index (χ0n) is 27.7. The van der Waals surface area contributed by atoms with Crippen LogP contribution in [0.1, 0.15) is 46.6 Å². The van der Waals surface area contributed by atoms with E-state index < -0.39 is 5.63 Å². The Kier molecular flexibility index (Phi) is 8.51. The molecule has 0 amide bonds. The molecule has 0 radical (unpaired) electrons. The SMILES string of the molecule is CCCOc1cc2oc(=O)c3c(c(-c4ccc(OC(C)C)c(OC)c4)c4n3CCc3cc(OC)c(OC(C)C)cc3-4)c2cc1OC. The molecule has 0 N–H and O–H groups in total. The summed E-state index contributed by atoms with van der Waals surface area (Å²) in [4.78, 5) is 14.0. The Labute approximate surface area is 268 Å². The quantitative estimate of drug-likeness (QED) is 0.136. The molecule has 46 heavy (non-hydrogen) atoms. The molecule has 0 spiro atoms. The van der Waals surface area contributed by atoms with Crippen molar-refractivity contribution >= 4 is 21.9 Å². The van der Waals surface area contributed by atoms with Crippen LogP contribution in [-0.4, -0.2) is 44.7 Å². The van der Waals surface area contributed by atoms with Gasteiger partial charge in [-0.3, -0.25) is 0 Å². The molecular formula is C37H41NO8. The number of benzene rings is 3. The molecule has 0 atom stereocenters. The van der Waals surface area contributed by atoms with E-state index >= 15 is 0 Å². The molecule has 6 rings (SSSR count). The summed E-state index contributed by atoms with van der Waals surface area (Å²) in [6.07, 6.45) is 1.42. The monoisotopic (exact) mass is 627 g/mol. The van der Waals surface area contributed by atoms with Gasteiger partial charge in [0.05, 0.1) is 45.8 Å². The van der Waals surface area contributed by atoms with Gasteiger partial charge in [0.15, 0.2) is 34.5 Å². The summed E-state index contributed by atoms with van der Waals surface area (Å²) in [5.74, 6) is 3.62. The van der Waals surface area contributed by atoms with Crippen LogP contribution in [0.3, 0.4) is 0 Å². The van der Waals surface area contributed by atoms with Gasteiger partial charge in [-0.2, -0.15) is 0 Å². The third-order valence-corrected chi connectivity index (χ3v) is 8.08. The summed E-state index contributed by atoms with van der Waals surface area (Å²) in [6.45, 7) is 11.0. The molecule has 1 aliphatic heterocycles. The third kappa shape index (κ3) is 5.37. The maximum atomic E-state index is 14.0. The summed E-state index contributed by atoms with van der Waals surface area (Å²) in [5, 5.41) is 1.50. The Hall–Kier alpha value is -4.79. The molecule has 0 fully saturated rings. The number of aryl methyl sites for hydroxylation is 2. The Morgan fingerprint density at radius 2 is 1.48 bits per heavy atom. The van der Waals surface area contributed by atoms with Crippen LogP contribution in [-0.2, 0) is 13.0 Å². The molecular weight excluding hydrogens is 586 g/mol. The van der Waals surface area contributed by atoms with E-state index in [1.807, 2.05) is 71.0 Å². The Morgan fingerprint density at radius 3 is 2.15 bits per heavy atom. The molecule has 9 nitrogen and oxygen atoms in total. The van der Waals surface area contributed by atoms with E-state index in [-0.39, 0.29) is 12.2 Å². The number of nitrogens with zero attached hydrogens (tertiary/aromatic N) is 1. The predicted octanol–water partition coefficient (Wildman–Crippen LogP) is 8.03. The number of hydrogen-bond acceptors (Lipinski definition) is 8. The summed E-state index contributed by atoms with van der Waals surface area (Å²) in [5.41, 5.74) is 5.14. The standard InChI is InChI=1S/C37H41NO8/c1-9-14-43-31-19-27-25(18-30(31)42-8)34-33(23-10-11-26(44-20(2)3)28(16-23)40-6)35-24-17-32(45-21(4)5)29(41-7)15-22(24)12-13-38(35)36(34)37(39)46-27/h10-11,15-21H,9,12-14H2,1-8H3. The lowest BCUT2D eigenvalue weighted by atomic mass is 9.91. The number of aromatic nitrogens is 1. The molecule has 242 valence electrons. The van der Waals surface area contributed by atoms with E-state index in [0.717, 1.165) is 45.1 Å². The zero-order chi connectivity index (χ0) is 32.7. The molecule has 9 heteroatoms. The molecule has 3 aromatic carbocycles. The van der Waals surface area contributed by atoms with Crippen molar-refractivity contribution in [3.63, 3.8) is 0 Å². The topological polar surface area (TPSA) is 90.5 Å². The second-order valence-corrected chi connectivity index (χ2v) is 11.9. The van der Waals surface area contributed by atoms with E-state index in [4.69, 9.17) is 32.8 Å². The van der Waals surface area contributed by atoms with Crippen molar-refractivity contribution in [3.05, 3.63) is 58.4 Å². The van der Waals surface area contributed by atoms with Crippen molar-refractivity contribution in [1.29, 1.82) is 0 Å². The number of methoxy groups -OCH3 is 3. The first-order chi connectivity index (χ1) is 22.2. The van der Waals surface area contributed by atoms with Crippen molar-refractivity contribution in [2.75, 3.05) is 27.9 Å². The fraction of sp³-hybridized carbons (Fsp3) is 0.378. The highest BCUT2D eigenvalue weighted by Crippen LogP contribution is 2.50. The molecule has 0 aliphatic carbocycles. The average molecular weight is 628 g/mol. The van der Waals surface area contributed by atoms with Crippen LogP contribution < -0.4 is 34.0 Å². The zero-order valence-corrected chi connectivity index (χ0v) is 27.7. The van der Waals surface area contributed by atoms with Crippen LogP contribution in [0.15, 0.2) is 51.7 Å². The van der Waals surface area contributed by atoms with Gasteiger partial charge in [0.2, 0.25) is 0 Å². The normalized spacial score (nSPS) is 12.4. The highest BCUT2D eigenvalue weighted by molar-refractivity contribution is 6.17. The number of rotatable bonds is 11. The van der Waals surface area contributed by atoms with Crippen LogP contribution >= 0.6 is 0 Å². The van der Waals surface area contributed by atoms with E-state index in [9.17, 15) is 4.79 Å². The predicted molar refractivity (Wildman–Crippen MR) is 180 cm³/mol. The lowest BCUT2D eigenvalue weighted by Crippen LogP contribution is -2.15. The molecule has 5 aromatic rings. The maximum Gasteiger partial charge on any atom is 0.361 e. The van der Waals surface area contributed by atoms with Crippen molar-refractivity contribution < 1.29 is 32.8 Å². The summed E-state index contributed by atoms with van der Waals surface area (Å²) < 4.78 is 43.7. The van der Waals surface area contributed by atoms with Crippen LogP contribution in [0.5, 0.6) is 34.5 Å². The van der Waals surface area contributed by atoms with Gasteiger partial charge < -0.3 is 37.4 Å². The molecule has 0 saturated carbocycles. The Morgan fingerprint density at radius 1 is 0.804 bits per heavy atom. The van der Waals surface area contributed by atoms with Crippen molar-refractivity contribution in [2.45, 2.75) is 66.2 Å². The van der Waals surface area contributed by atoms with Crippen molar-refractivity contribution in [3.8, 4) is 56.9 Å². The third-order valence-electron chi connectivity index (χ3n) is 8.08. The fourth-order valence-electron chi connectivity index (χ4n) is 6.27. The van der Waals surface area contributed by atoms with Crippen LogP contribution in [0, 0.1) is 0 Å². The van der Waals surface area contributed by atoms with Crippen molar-refractivity contribution in [2.24, 2.45) is 0 Å². The van der Waals surface area contributed by atoms with Crippen molar-refractivity contribution in [1.82, 2.24) is 4.57 Å². The first kappa shape index (κ1) is 31.2. The second-order valence-electron chi connectivity index (χ2n) is 11.9. The van der Waals surface area contributed by atoms with Crippen LogP contribution in [0.2, 0.25) is 0 Å². The Balaban J connectivity index is 1.75. The van der Waals surface area contributed by atoms with Gasteiger partial charge in [-0.15, -0.1) is 0 Å². The smallest absolute Gasteiger partial charge is 0.361 e. The summed E-state index contributed by atoms with van der Waals surface area (Å²) >= 11 is 0.